The fourth-order valence-corrected chi connectivity index (χ4v) is 3.05. The van der Waals surface area contributed by atoms with Crippen molar-refractivity contribution in [1.29, 1.82) is 0 Å². The van der Waals surface area contributed by atoms with E-state index in [0.717, 1.165) is 11.3 Å². The van der Waals surface area contributed by atoms with Gasteiger partial charge in [0.2, 0.25) is 5.91 Å². The van der Waals surface area contributed by atoms with Gasteiger partial charge in [0, 0.05) is 31.2 Å². The van der Waals surface area contributed by atoms with E-state index in [1.165, 1.54) is 12.1 Å². The summed E-state index contributed by atoms with van der Waals surface area (Å²) in [5.74, 6) is -0.476. The van der Waals surface area contributed by atoms with E-state index in [2.05, 4.69) is 10.6 Å². The molecule has 1 aliphatic rings. The standard InChI is InChI=1S/C20H22FN3O2/c21-17-6-4-5-15(13-17)14-22-19(25)16-9-11-24(12-10-16)20(26)23-18-7-2-1-3-8-18/h1-8,13,16H,9-12,14H2,(H,22,25)(H,23,26). The molecule has 1 heterocycles. The molecular weight excluding hydrogens is 333 g/mol. The highest BCUT2D eigenvalue weighted by atomic mass is 19.1. The first-order valence-electron chi connectivity index (χ1n) is 8.75. The normalized spacial score (nSPS) is 14.7. The SMILES string of the molecule is O=C(NCc1cccc(F)c1)C1CCN(C(=O)Nc2ccccc2)CC1. The number of nitrogens with one attached hydrogen (secondary N) is 2. The minimum Gasteiger partial charge on any atom is -0.352 e. The van der Waals surface area contributed by atoms with Crippen molar-refractivity contribution in [1.82, 2.24) is 10.2 Å². The van der Waals surface area contributed by atoms with Gasteiger partial charge in [0.15, 0.2) is 0 Å². The van der Waals surface area contributed by atoms with Crippen LogP contribution in [0.1, 0.15) is 18.4 Å². The molecule has 0 radical (unpaired) electrons. The molecule has 0 saturated carbocycles. The molecule has 2 N–H and O–H groups in total. The highest BCUT2D eigenvalue weighted by Crippen LogP contribution is 2.19. The van der Waals surface area contributed by atoms with E-state index in [4.69, 9.17) is 0 Å². The average Bonchev–Trinajstić information content (AvgIpc) is 2.67. The monoisotopic (exact) mass is 355 g/mol. The second kappa shape index (κ2) is 8.47. The lowest BCUT2D eigenvalue weighted by Crippen LogP contribution is -2.44. The summed E-state index contributed by atoms with van der Waals surface area (Å²) in [7, 11) is 0. The molecular formula is C20H22FN3O2. The Labute approximate surface area is 152 Å². The predicted octanol–water partition coefficient (Wildman–Crippen LogP) is 3.39. The van der Waals surface area contributed by atoms with E-state index < -0.39 is 0 Å². The Hall–Kier alpha value is -2.89. The number of halogens is 1. The number of benzene rings is 2. The molecule has 1 saturated heterocycles. The van der Waals surface area contributed by atoms with Crippen LogP contribution >= 0.6 is 0 Å². The van der Waals surface area contributed by atoms with E-state index in [0.29, 0.717) is 32.5 Å². The summed E-state index contributed by atoms with van der Waals surface area (Å²) < 4.78 is 13.2. The van der Waals surface area contributed by atoms with Crippen molar-refractivity contribution >= 4 is 17.6 Å². The zero-order valence-corrected chi connectivity index (χ0v) is 14.5. The third-order valence-corrected chi connectivity index (χ3v) is 4.53. The van der Waals surface area contributed by atoms with Crippen LogP contribution in [0.4, 0.5) is 14.9 Å². The number of anilines is 1. The van der Waals surface area contributed by atoms with Gasteiger partial charge >= 0.3 is 6.03 Å². The Bertz CT molecular complexity index is 759. The first-order valence-corrected chi connectivity index (χ1v) is 8.75. The minimum atomic E-state index is -0.311. The lowest BCUT2D eigenvalue weighted by Gasteiger charge is -2.31. The average molecular weight is 355 g/mol. The van der Waals surface area contributed by atoms with Crippen molar-refractivity contribution in [3.63, 3.8) is 0 Å². The number of hydrogen-bond donors (Lipinski definition) is 2. The maximum Gasteiger partial charge on any atom is 0.321 e. The largest absolute Gasteiger partial charge is 0.352 e. The van der Waals surface area contributed by atoms with E-state index in [9.17, 15) is 14.0 Å². The van der Waals surface area contributed by atoms with Gasteiger partial charge in [0.1, 0.15) is 5.82 Å². The molecule has 2 aromatic rings. The van der Waals surface area contributed by atoms with E-state index >= 15 is 0 Å². The van der Waals surface area contributed by atoms with Gasteiger partial charge in [0.05, 0.1) is 0 Å². The lowest BCUT2D eigenvalue weighted by molar-refractivity contribution is -0.126. The number of carbonyl (C=O) groups excluding carboxylic acids is 2. The number of likely N-dealkylation sites (tertiary alicyclic amines) is 1. The second-order valence-corrected chi connectivity index (χ2v) is 6.41. The molecule has 1 aliphatic heterocycles. The van der Waals surface area contributed by atoms with Gasteiger partial charge in [-0.25, -0.2) is 9.18 Å². The molecule has 0 aliphatic carbocycles. The van der Waals surface area contributed by atoms with Crippen LogP contribution in [-0.4, -0.2) is 29.9 Å². The van der Waals surface area contributed by atoms with Crippen LogP contribution in [0.3, 0.4) is 0 Å². The van der Waals surface area contributed by atoms with Gasteiger partial charge in [-0.15, -0.1) is 0 Å². The molecule has 136 valence electrons. The third kappa shape index (κ3) is 4.81. The van der Waals surface area contributed by atoms with Crippen molar-refractivity contribution in [3.05, 3.63) is 66.0 Å². The number of nitrogens with zero attached hydrogens (tertiary/aromatic N) is 1. The molecule has 1 fully saturated rings. The van der Waals surface area contributed by atoms with Crippen LogP contribution in [0.25, 0.3) is 0 Å². The molecule has 3 rings (SSSR count). The number of hydrogen-bond acceptors (Lipinski definition) is 2. The van der Waals surface area contributed by atoms with Gasteiger partial charge in [0.25, 0.3) is 0 Å². The molecule has 0 atom stereocenters. The van der Waals surface area contributed by atoms with Crippen LogP contribution in [0, 0.1) is 11.7 Å². The molecule has 2 aromatic carbocycles. The first-order chi connectivity index (χ1) is 12.6. The Kier molecular flexibility index (Phi) is 5.84. The smallest absolute Gasteiger partial charge is 0.321 e. The number of piperidine rings is 1. The van der Waals surface area contributed by atoms with E-state index in [1.54, 1.807) is 17.0 Å². The number of rotatable bonds is 4. The maximum atomic E-state index is 13.2. The van der Waals surface area contributed by atoms with E-state index in [1.807, 2.05) is 30.3 Å². The van der Waals surface area contributed by atoms with Gasteiger partial charge in [-0.05, 0) is 42.7 Å². The summed E-state index contributed by atoms with van der Waals surface area (Å²) in [4.78, 5) is 26.3. The van der Waals surface area contributed by atoms with Crippen LogP contribution < -0.4 is 10.6 Å². The molecule has 0 aromatic heterocycles. The van der Waals surface area contributed by atoms with Gasteiger partial charge in [-0.1, -0.05) is 30.3 Å². The minimum absolute atomic E-state index is 0.0441. The molecule has 6 heteroatoms. The van der Waals surface area contributed by atoms with Crippen molar-refractivity contribution < 1.29 is 14.0 Å². The summed E-state index contributed by atoms with van der Waals surface area (Å²) in [5.41, 5.74) is 1.49. The second-order valence-electron chi connectivity index (χ2n) is 6.41. The van der Waals surface area contributed by atoms with E-state index in [-0.39, 0.29) is 23.7 Å². The van der Waals surface area contributed by atoms with Gasteiger partial charge in [-0.2, -0.15) is 0 Å². The third-order valence-electron chi connectivity index (χ3n) is 4.53. The van der Waals surface area contributed by atoms with Gasteiger partial charge in [-0.3, -0.25) is 4.79 Å². The predicted molar refractivity (Wildman–Crippen MR) is 98.0 cm³/mol. The molecule has 3 amide bonds. The molecule has 5 nitrogen and oxygen atoms in total. The summed E-state index contributed by atoms with van der Waals surface area (Å²) in [5, 5.41) is 5.71. The van der Waals surface area contributed by atoms with Crippen LogP contribution in [0.5, 0.6) is 0 Å². The van der Waals surface area contributed by atoms with Crippen LogP contribution in [0.15, 0.2) is 54.6 Å². The quantitative estimate of drug-likeness (QED) is 0.883. The molecule has 26 heavy (non-hydrogen) atoms. The zero-order valence-electron chi connectivity index (χ0n) is 14.5. The van der Waals surface area contributed by atoms with Crippen LogP contribution in [0.2, 0.25) is 0 Å². The highest BCUT2D eigenvalue weighted by Gasteiger charge is 2.27. The maximum absolute atomic E-state index is 13.2. The van der Waals surface area contributed by atoms with Crippen molar-refractivity contribution in [3.8, 4) is 0 Å². The summed E-state index contributed by atoms with van der Waals surface area (Å²) in [6, 6.07) is 15.3. The Morgan fingerprint density at radius 3 is 2.46 bits per heavy atom. The Morgan fingerprint density at radius 1 is 1.04 bits per heavy atom. The number of para-hydroxylation sites is 1. The van der Waals surface area contributed by atoms with Crippen molar-refractivity contribution in [2.45, 2.75) is 19.4 Å². The lowest BCUT2D eigenvalue weighted by atomic mass is 9.96. The Balaban J connectivity index is 1.44. The number of amides is 3. The summed E-state index contributed by atoms with van der Waals surface area (Å²) in [6.07, 6.45) is 1.24. The molecule has 0 bridgehead atoms. The van der Waals surface area contributed by atoms with Crippen molar-refractivity contribution in [2.24, 2.45) is 5.92 Å². The van der Waals surface area contributed by atoms with Crippen molar-refractivity contribution in [2.75, 3.05) is 18.4 Å². The topological polar surface area (TPSA) is 61.4 Å². The zero-order chi connectivity index (χ0) is 18.4. The number of urea groups is 1. The fraction of sp³-hybridized carbons (Fsp3) is 0.300. The Morgan fingerprint density at radius 2 is 1.77 bits per heavy atom. The van der Waals surface area contributed by atoms with Gasteiger partial charge < -0.3 is 15.5 Å². The fourth-order valence-electron chi connectivity index (χ4n) is 3.05. The van der Waals surface area contributed by atoms with Crippen LogP contribution in [-0.2, 0) is 11.3 Å². The summed E-state index contributed by atoms with van der Waals surface area (Å²) in [6.45, 7) is 1.39. The highest BCUT2D eigenvalue weighted by molar-refractivity contribution is 5.89. The number of carbonyl (C=O) groups is 2. The first kappa shape index (κ1) is 17.9. The molecule has 0 spiro atoms. The molecule has 0 unspecified atom stereocenters. The summed E-state index contributed by atoms with van der Waals surface area (Å²) >= 11 is 0.